The van der Waals surface area contributed by atoms with Crippen molar-refractivity contribution in [2.24, 2.45) is 0 Å². The Morgan fingerprint density at radius 2 is 2.10 bits per heavy atom. The zero-order chi connectivity index (χ0) is 14.8. The Labute approximate surface area is 128 Å². The fourth-order valence-corrected chi connectivity index (χ4v) is 2.79. The standard InChI is InChI=1S/C16H18ClN3O/c1-3-20-14-7-5-4-6-11(14)12(19-20)10-13(18-2)15-8-9-16(17)21-15/h4-9,13,18H,3,10H2,1-2H3. The summed E-state index contributed by atoms with van der Waals surface area (Å²) in [6.45, 7) is 2.96. The molecule has 0 aliphatic rings. The summed E-state index contributed by atoms with van der Waals surface area (Å²) < 4.78 is 7.56. The number of hydrogen-bond acceptors (Lipinski definition) is 3. The summed E-state index contributed by atoms with van der Waals surface area (Å²) in [6, 6.07) is 12.0. The van der Waals surface area contributed by atoms with Crippen LogP contribution in [0.1, 0.15) is 24.4 Å². The van der Waals surface area contributed by atoms with E-state index < -0.39 is 0 Å². The van der Waals surface area contributed by atoms with E-state index in [1.165, 1.54) is 10.9 Å². The van der Waals surface area contributed by atoms with Gasteiger partial charge in [-0.2, -0.15) is 5.10 Å². The number of benzene rings is 1. The lowest BCUT2D eigenvalue weighted by molar-refractivity contribution is 0.427. The molecule has 1 N–H and O–H groups in total. The van der Waals surface area contributed by atoms with Crippen LogP contribution in [-0.4, -0.2) is 16.8 Å². The highest BCUT2D eigenvalue weighted by Crippen LogP contribution is 2.26. The van der Waals surface area contributed by atoms with E-state index >= 15 is 0 Å². The van der Waals surface area contributed by atoms with Crippen LogP contribution in [0, 0.1) is 0 Å². The van der Waals surface area contributed by atoms with Gasteiger partial charge >= 0.3 is 0 Å². The number of aromatic nitrogens is 2. The van der Waals surface area contributed by atoms with Crippen molar-refractivity contribution in [2.75, 3.05) is 7.05 Å². The molecular formula is C16H18ClN3O. The molecule has 0 spiro atoms. The van der Waals surface area contributed by atoms with Gasteiger partial charge in [0.1, 0.15) is 5.76 Å². The number of hydrogen-bond donors (Lipinski definition) is 1. The second kappa shape index (κ2) is 5.92. The van der Waals surface area contributed by atoms with Gasteiger partial charge in [0.25, 0.3) is 0 Å². The molecule has 110 valence electrons. The summed E-state index contributed by atoms with van der Waals surface area (Å²) in [5.41, 5.74) is 2.24. The van der Waals surface area contributed by atoms with Crippen LogP contribution in [0.2, 0.25) is 5.22 Å². The number of para-hydroxylation sites is 1. The van der Waals surface area contributed by atoms with Crippen molar-refractivity contribution in [2.45, 2.75) is 25.9 Å². The SMILES string of the molecule is CCn1nc(CC(NC)c2ccc(Cl)o2)c2ccccc21. The first-order valence-corrected chi connectivity index (χ1v) is 7.47. The predicted octanol–water partition coefficient (Wildman–Crippen LogP) is 3.81. The van der Waals surface area contributed by atoms with E-state index in [4.69, 9.17) is 21.1 Å². The van der Waals surface area contributed by atoms with Gasteiger partial charge in [-0.3, -0.25) is 4.68 Å². The van der Waals surface area contributed by atoms with E-state index in [-0.39, 0.29) is 6.04 Å². The van der Waals surface area contributed by atoms with Crippen molar-refractivity contribution in [1.29, 1.82) is 0 Å². The number of rotatable bonds is 5. The number of nitrogens with zero attached hydrogens (tertiary/aromatic N) is 2. The molecule has 1 unspecified atom stereocenters. The normalized spacial score (nSPS) is 12.9. The highest BCUT2D eigenvalue weighted by atomic mass is 35.5. The average molecular weight is 304 g/mol. The van der Waals surface area contributed by atoms with Gasteiger partial charge < -0.3 is 9.73 Å². The third-order valence-corrected chi connectivity index (χ3v) is 3.92. The molecule has 0 aliphatic carbocycles. The van der Waals surface area contributed by atoms with E-state index in [0.717, 1.165) is 24.4 Å². The summed E-state index contributed by atoms with van der Waals surface area (Å²) in [6.07, 6.45) is 0.758. The summed E-state index contributed by atoms with van der Waals surface area (Å²) >= 11 is 5.87. The lowest BCUT2D eigenvalue weighted by Crippen LogP contribution is -2.18. The summed E-state index contributed by atoms with van der Waals surface area (Å²) in [7, 11) is 1.92. The van der Waals surface area contributed by atoms with Crippen molar-refractivity contribution >= 4 is 22.5 Å². The third kappa shape index (κ3) is 2.69. The number of aryl methyl sites for hydroxylation is 1. The van der Waals surface area contributed by atoms with Crippen LogP contribution < -0.4 is 5.32 Å². The minimum absolute atomic E-state index is 0.0566. The lowest BCUT2D eigenvalue weighted by Gasteiger charge is -2.12. The molecule has 2 heterocycles. The highest BCUT2D eigenvalue weighted by molar-refractivity contribution is 6.28. The Morgan fingerprint density at radius 3 is 2.76 bits per heavy atom. The Bertz CT molecular complexity index is 747. The predicted molar refractivity (Wildman–Crippen MR) is 84.6 cm³/mol. The maximum absolute atomic E-state index is 5.87. The second-order valence-corrected chi connectivity index (χ2v) is 5.34. The van der Waals surface area contributed by atoms with Crippen molar-refractivity contribution in [3.63, 3.8) is 0 Å². The van der Waals surface area contributed by atoms with Gasteiger partial charge in [-0.15, -0.1) is 0 Å². The van der Waals surface area contributed by atoms with Crippen molar-refractivity contribution in [1.82, 2.24) is 15.1 Å². The van der Waals surface area contributed by atoms with Crippen LogP contribution in [0.3, 0.4) is 0 Å². The molecule has 3 aromatic rings. The molecule has 0 aliphatic heterocycles. The molecule has 1 aromatic carbocycles. The molecule has 0 amide bonds. The largest absolute Gasteiger partial charge is 0.448 e. The van der Waals surface area contributed by atoms with Crippen LogP contribution in [0.15, 0.2) is 40.8 Å². The quantitative estimate of drug-likeness (QED) is 0.779. The fraction of sp³-hybridized carbons (Fsp3) is 0.312. The fourth-order valence-electron chi connectivity index (χ4n) is 2.64. The molecule has 0 fully saturated rings. The Balaban J connectivity index is 1.97. The van der Waals surface area contributed by atoms with Crippen LogP contribution in [0.5, 0.6) is 0 Å². The minimum Gasteiger partial charge on any atom is -0.448 e. The number of furan rings is 1. The van der Waals surface area contributed by atoms with Crippen molar-refractivity contribution in [3.05, 3.63) is 53.1 Å². The molecule has 21 heavy (non-hydrogen) atoms. The first kappa shape index (κ1) is 14.2. The van der Waals surface area contributed by atoms with Crippen LogP contribution in [0.25, 0.3) is 10.9 Å². The van der Waals surface area contributed by atoms with E-state index in [1.54, 1.807) is 6.07 Å². The Hall–Kier alpha value is -1.78. The zero-order valence-corrected chi connectivity index (χ0v) is 12.9. The molecular weight excluding hydrogens is 286 g/mol. The van der Waals surface area contributed by atoms with Crippen molar-refractivity contribution in [3.8, 4) is 0 Å². The van der Waals surface area contributed by atoms with Gasteiger partial charge in [0, 0.05) is 18.4 Å². The summed E-state index contributed by atoms with van der Waals surface area (Å²) in [4.78, 5) is 0. The third-order valence-electron chi connectivity index (χ3n) is 3.72. The molecule has 2 aromatic heterocycles. The molecule has 0 bridgehead atoms. The number of halogens is 1. The van der Waals surface area contributed by atoms with Gasteiger partial charge in [-0.25, -0.2) is 0 Å². The number of nitrogens with one attached hydrogen (secondary N) is 1. The molecule has 1 atom stereocenters. The first-order valence-electron chi connectivity index (χ1n) is 7.09. The molecule has 0 saturated heterocycles. The monoisotopic (exact) mass is 303 g/mol. The topological polar surface area (TPSA) is 43.0 Å². The second-order valence-electron chi connectivity index (χ2n) is 4.97. The number of likely N-dealkylation sites (N-methyl/N-ethyl adjacent to an activating group) is 1. The van der Waals surface area contributed by atoms with Gasteiger partial charge in [-0.05, 0) is 43.8 Å². The minimum atomic E-state index is 0.0566. The summed E-state index contributed by atoms with van der Waals surface area (Å²) in [5, 5.41) is 9.60. The van der Waals surface area contributed by atoms with Crippen LogP contribution >= 0.6 is 11.6 Å². The van der Waals surface area contributed by atoms with Gasteiger partial charge in [0.15, 0.2) is 5.22 Å². The van der Waals surface area contributed by atoms with E-state index in [1.807, 2.05) is 29.9 Å². The molecule has 3 rings (SSSR count). The number of fused-ring (bicyclic) bond motifs is 1. The van der Waals surface area contributed by atoms with E-state index in [0.29, 0.717) is 5.22 Å². The van der Waals surface area contributed by atoms with E-state index in [9.17, 15) is 0 Å². The molecule has 4 nitrogen and oxygen atoms in total. The molecule has 0 saturated carbocycles. The maximum atomic E-state index is 5.87. The Kier molecular flexibility index (Phi) is 3.99. The summed E-state index contributed by atoms with van der Waals surface area (Å²) in [5.74, 6) is 0.831. The van der Waals surface area contributed by atoms with Gasteiger partial charge in [0.2, 0.25) is 0 Å². The van der Waals surface area contributed by atoms with E-state index in [2.05, 4.69) is 24.4 Å². The first-order chi connectivity index (χ1) is 10.2. The highest BCUT2D eigenvalue weighted by Gasteiger charge is 2.18. The maximum Gasteiger partial charge on any atom is 0.193 e. The average Bonchev–Trinajstić information content (AvgIpc) is 3.09. The van der Waals surface area contributed by atoms with Gasteiger partial charge in [-0.1, -0.05) is 18.2 Å². The molecule has 5 heteroatoms. The van der Waals surface area contributed by atoms with Crippen LogP contribution in [0.4, 0.5) is 0 Å². The zero-order valence-electron chi connectivity index (χ0n) is 12.1. The van der Waals surface area contributed by atoms with Gasteiger partial charge in [0.05, 0.1) is 17.3 Å². The lowest BCUT2D eigenvalue weighted by atomic mass is 10.1. The Morgan fingerprint density at radius 1 is 1.29 bits per heavy atom. The van der Waals surface area contributed by atoms with Crippen molar-refractivity contribution < 1.29 is 4.42 Å². The molecule has 0 radical (unpaired) electrons. The smallest absolute Gasteiger partial charge is 0.193 e. The van der Waals surface area contributed by atoms with Crippen LogP contribution in [-0.2, 0) is 13.0 Å².